The van der Waals surface area contributed by atoms with Gasteiger partial charge < -0.3 is 9.67 Å². The van der Waals surface area contributed by atoms with Gasteiger partial charge in [-0.2, -0.15) is 0 Å². The molecule has 3 nitrogen and oxygen atoms in total. The molecule has 1 atom stereocenters. The minimum Gasteiger partial charge on any atom is -0.387 e. The molecule has 1 N–H and O–H groups in total. The summed E-state index contributed by atoms with van der Waals surface area (Å²) in [5.41, 5.74) is 2.12. The second-order valence-corrected chi connectivity index (χ2v) is 7.12. The van der Waals surface area contributed by atoms with Crippen LogP contribution in [0.3, 0.4) is 0 Å². The molecule has 0 aliphatic heterocycles. The number of hydrogen-bond donors (Lipinski definition) is 1. The quantitative estimate of drug-likeness (QED) is 0.767. The van der Waals surface area contributed by atoms with Crippen LogP contribution in [-0.2, 0) is 13.0 Å². The van der Waals surface area contributed by atoms with Crippen LogP contribution in [0.2, 0.25) is 0 Å². The molecule has 0 aliphatic rings. The Hall–Kier alpha value is -1.17. The molecule has 3 rings (SSSR count). The van der Waals surface area contributed by atoms with Gasteiger partial charge in [0.2, 0.25) is 0 Å². The van der Waals surface area contributed by atoms with Crippen molar-refractivity contribution in [1.29, 1.82) is 0 Å². The summed E-state index contributed by atoms with van der Waals surface area (Å²) in [4.78, 5) is 5.62. The number of para-hydroxylation sites is 2. The third-order valence-electron chi connectivity index (χ3n) is 3.35. The highest BCUT2D eigenvalue weighted by atomic mass is 79.9. The first kappa shape index (κ1) is 13.8. The predicted molar refractivity (Wildman–Crippen MR) is 86.1 cm³/mol. The van der Waals surface area contributed by atoms with Crippen molar-refractivity contribution < 1.29 is 5.11 Å². The number of rotatable bonds is 4. The summed E-state index contributed by atoms with van der Waals surface area (Å²) in [5.74, 6) is 0.936. The fraction of sp³-hybridized carbons (Fsp3) is 0.267. The molecule has 2 heterocycles. The Morgan fingerprint density at radius 3 is 2.80 bits per heavy atom. The van der Waals surface area contributed by atoms with Crippen LogP contribution in [0.25, 0.3) is 11.0 Å². The van der Waals surface area contributed by atoms with Crippen molar-refractivity contribution in [3.05, 3.63) is 50.9 Å². The average Bonchev–Trinajstić information content (AvgIpc) is 3.01. The van der Waals surface area contributed by atoms with Gasteiger partial charge in [-0.25, -0.2) is 4.98 Å². The van der Waals surface area contributed by atoms with E-state index in [1.54, 1.807) is 11.3 Å². The van der Waals surface area contributed by atoms with Gasteiger partial charge >= 0.3 is 0 Å². The lowest BCUT2D eigenvalue weighted by molar-refractivity contribution is 0.178. The molecule has 0 aliphatic carbocycles. The van der Waals surface area contributed by atoms with Crippen molar-refractivity contribution in [2.75, 3.05) is 0 Å². The van der Waals surface area contributed by atoms with E-state index in [0.717, 1.165) is 32.1 Å². The highest BCUT2D eigenvalue weighted by Crippen LogP contribution is 2.29. The van der Waals surface area contributed by atoms with Crippen LogP contribution in [0, 0.1) is 0 Å². The third-order valence-corrected chi connectivity index (χ3v) is 5.07. The lowest BCUT2D eigenvalue weighted by atomic mass is 10.2. The van der Waals surface area contributed by atoms with Crippen molar-refractivity contribution in [3.8, 4) is 0 Å². The summed E-state index contributed by atoms with van der Waals surface area (Å²) in [5, 5.41) is 10.4. The molecule has 0 saturated carbocycles. The van der Waals surface area contributed by atoms with Gasteiger partial charge in [-0.15, -0.1) is 11.3 Å². The SMILES string of the molecule is CCn1c(CC(O)c2ccc(Br)s2)nc2ccccc21. The lowest BCUT2D eigenvalue weighted by Crippen LogP contribution is -2.07. The standard InChI is InChI=1S/C15H15BrN2OS/c1-2-18-11-6-4-3-5-10(11)17-15(18)9-12(19)13-7-8-14(16)20-13/h3-8,12,19H,2,9H2,1H3. The van der Waals surface area contributed by atoms with Crippen LogP contribution in [0.4, 0.5) is 0 Å². The van der Waals surface area contributed by atoms with E-state index in [0.29, 0.717) is 6.42 Å². The molecule has 104 valence electrons. The zero-order valence-electron chi connectivity index (χ0n) is 11.1. The number of aromatic nitrogens is 2. The van der Waals surface area contributed by atoms with E-state index in [1.165, 1.54) is 0 Å². The van der Waals surface area contributed by atoms with Crippen LogP contribution >= 0.6 is 27.3 Å². The second-order valence-electron chi connectivity index (χ2n) is 4.62. The first-order valence-corrected chi connectivity index (χ1v) is 8.17. The Labute approximate surface area is 130 Å². The molecule has 0 radical (unpaired) electrons. The maximum absolute atomic E-state index is 10.4. The first-order chi connectivity index (χ1) is 9.69. The van der Waals surface area contributed by atoms with Gasteiger partial charge in [-0.3, -0.25) is 0 Å². The van der Waals surface area contributed by atoms with Crippen molar-refractivity contribution in [2.24, 2.45) is 0 Å². The number of halogens is 1. The molecule has 0 fully saturated rings. The molecule has 0 spiro atoms. The van der Waals surface area contributed by atoms with Gasteiger partial charge in [-0.1, -0.05) is 12.1 Å². The number of aliphatic hydroxyl groups is 1. The summed E-state index contributed by atoms with van der Waals surface area (Å²) in [6.45, 7) is 2.96. The van der Waals surface area contributed by atoms with Crippen LogP contribution in [0.15, 0.2) is 40.2 Å². The van der Waals surface area contributed by atoms with Crippen molar-refractivity contribution in [2.45, 2.75) is 26.0 Å². The number of benzene rings is 1. The first-order valence-electron chi connectivity index (χ1n) is 6.56. The smallest absolute Gasteiger partial charge is 0.112 e. The topological polar surface area (TPSA) is 38.0 Å². The Kier molecular flexibility index (Phi) is 3.92. The predicted octanol–water partition coefficient (Wildman–Crippen LogP) is 4.16. The molecule has 2 aromatic heterocycles. The second kappa shape index (κ2) is 5.68. The fourth-order valence-corrected chi connectivity index (χ4v) is 3.82. The molecular weight excluding hydrogens is 336 g/mol. The number of thiophene rings is 1. The van der Waals surface area contributed by atoms with E-state index in [1.807, 2.05) is 30.3 Å². The number of nitrogens with zero attached hydrogens (tertiary/aromatic N) is 2. The van der Waals surface area contributed by atoms with E-state index in [-0.39, 0.29) is 0 Å². The van der Waals surface area contributed by atoms with Crippen molar-refractivity contribution >= 4 is 38.3 Å². The Morgan fingerprint density at radius 2 is 2.10 bits per heavy atom. The van der Waals surface area contributed by atoms with Gasteiger partial charge in [0, 0.05) is 17.8 Å². The zero-order chi connectivity index (χ0) is 14.1. The highest BCUT2D eigenvalue weighted by Gasteiger charge is 2.16. The fourth-order valence-electron chi connectivity index (χ4n) is 2.41. The Bertz CT molecular complexity index is 734. The van der Waals surface area contributed by atoms with Crippen LogP contribution in [-0.4, -0.2) is 14.7 Å². The van der Waals surface area contributed by atoms with E-state index in [9.17, 15) is 5.11 Å². The van der Waals surface area contributed by atoms with Gasteiger partial charge in [-0.05, 0) is 47.1 Å². The van der Waals surface area contributed by atoms with E-state index in [4.69, 9.17) is 0 Å². The number of aryl methyl sites for hydroxylation is 1. The lowest BCUT2D eigenvalue weighted by Gasteiger charge is -2.10. The van der Waals surface area contributed by atoms with E-state index in [2.05, 4.69) is 38.5 Å². The van der Waals surface area contributed by atoms with Gasteiger partial charge in [0.05, 0.1) is 20.9 Å². The normalized spacial score (nSPS) is 12.9. The maximum Gasteiger partial charge on any atom is 0.112 e. The van der Waals surface area contributed by atoms with Crippen molar-refractivity contribution in [3.63, 3.8) is 0 Å². The number of imidazole rings is 1. The largest absolute Gasteiger partial charge is 0.387 e. The summed E-state index contributed by atoms with van der Waals surface area (Å²) in [7, 11) is 0. The Balaban J connectivity index is 1.94. The molecule has 20 heavy (non-hydrogen) atoms. The summed E-state index contributed by atoms with van der Waals surface area (Å²) in [6.07, 6.45) is 0.0311. The van der Waals surface area contributed by atoms with Crippen LogP contribution < -0.4 is 0 Å². The van der Waals surface area contributed by atoms with Crippen LogP contribution in [0.5, 0.6) is 0 Å². The third kappa shape index (κ3) is 2.53. The maximum atomic E-state index is 10.4. The average molecular weight is 351 g/mol. The van der Waals surface area contributed by atoms with Gasteiger partial charge in [0.25, 0.3) is 0 Å². The summed E-state index contributed by atoms with van der Waals surface area (Å²) in [6, 6.07) is 12.0. The van der Waals surface area contributed by atoms with Gasteiger partial charge in [0.1, 0.15) is 5.82 Å². The molecule has 3 aromatic rings. The molecule has 0 amide bonds. The van der Waals surface area contributed by atoms with Crippen molar-refractivity contribution in [1.82, 2.24) is 9.55 Å². The van der Waals surface area contributed by atoms with Crippen LogP contribution in [0.1, 0.15) is 23.7 Å². The molecule has 1 aromatic carbocycles. The number of aliphatic hydroxyl groups excluding tert-OH is 1. The number of fused-ring (bicyclic) bond motifs is 1. The minimum absolute atomic E-state index is 0.506. The van der Waals surface area contributed by atoms with E-state index >= 15 is 0 Å². The molecule has 0 bridgehead atoms. The van der Waals surface area contributed by atoms with E-state index < -0.39 is 6.10 Å². The zero-order valence-corrected chi connectivity index (χ0v) is 13.5. The monoisotopic (exact) mass is 350 g/mol. The number of hydrogen-bond acceptors (Lipinski definition) is 3. The van der Waals surface area contributed by atoms with Gasteiger partial charge in [0.15, 0.2) is 0 Å². The molecule has 5 heteroatoms. The molecular formula is C15H15BrN2OS. The highest BCUT2D eigenvalue weighted by molar-refractivity contribution is 9.11. The molecule has 1 unspecified atom stereocenters. The molecule has 0 saturated heterocycles. The minimum atomic E-state index is -0.506. The summed E-state index contributed by atoms with van der Waals surface area (Å²) < 4.78 is 3.21. The Morgan fingerprint density at radius 1 is 1.30 bits per heavy atom. The summed E-state index contributed by atoms with van der Waals surface area (Å²) >= 11 is 4.99.